The van der Waals surface area contributed by atoms with Crippen LogP contribution in [0, 0.1) is 28.6 Å². The van der Waals surface area contributed by atoms with Crippen molar-refractivity contribution in [3.05, 3.63) is 34.9 Å². The van der Waals surface area contributed by atoms with Crippen molar-refractivity contribution in [2.75, 3.05) is 0 Å². The highest BCUT2D eigenvalue weighted by atomic mass is 16.3. The van der Waals surface area contributed by atoms with Gasteiger partial charge in [0.25, 0.3) is 0 Å². The summed E-state index contributed by atoms with van der Waals surface area (Å²) < 4.78 is 0. The Morgan fingerprint density at radius 2 is 1.97 bits per heavy atom. The van der Waals surface area contributed by atoms with Crippen LogP contribution in [0.15, 0.2) is 34.9 Å². The Balaban J connectivity index is 1.51. The van der Waals surface area contributed by atoms with Crippen molar-refractivity contribution >= 4 is 0 Å². The van der Waals surface area contributed by atoms with Gasteiger partial charge in [-0.1, -0.05) is 53.7 Å². The molecular weight excluding hydrogens is 356 g/mol. The van der Waals surface area contributed by atoms with Gasteiger partial charge in [-0.2, -0.15) is 0 Å². The summed E-state index contributed by atoms with van der Waals surface area (Å²) in [5.41, 5.74) is 4.38. The van der Waals surface area contributed by atoms with E-state index in [-0.39, 0.29) is 16.9 Å². The Bertz CT molecular complexity index is 791. The van der Waals surface area contributed by atoms with E-state index in [0.29, 0.717) is 5.92 Å². The molecule has 0 aliphatic heterocycles. The molecule has 0 amide bonds. The van der Waals surface area contributed by atoms with Crippen LogP contribution in [0.5, 0.6) is 0 Å². The molecule has 2 heteroatoms. The summed E-state index contributed by atoms with van der Waals surface area (Å²) in [6, 6.07) is 0. The third-order valence-electron chi connectivity index (χ3n) is 7.86. The fourth-order valence-electron chi connectivity index (χ4n) is 6.21. The Labute approximate surface area is 177 Å². The predicted octanol–water partition coefficient (Wildman–Crippen LogP) is 5.86. The van der Waals surface area contributed by atoms with E-state index in [0.717, 1.165) is 32.1 Å². The van der Waals surface area contributed by atoms with Gasteiger partial charge in [0.15, 0.2) is 0 Å². The summed E-state index contributed by atoms with van der Waals surface area (Å²) in [6.45, 7) is 6.04. The van der Waals surface area contributed by atoms with Crippen LogP contribution in [0.25, 0.3) is 0 Å². The lowest BCUT2D eigenvalue weighted by Crippen LogP contribution is -2.33. The van der Waals surface area contributed by atoms with Gasteiger partial charge in [-0.15, -0.1) is 0 Å². The number of allylic oxidation sites excluding steroid dienone is 5. The van der Waals surface area contributed by atoms with Gasteiger partial charge < -0.3 is 10.2 Å². The zero-order valence-corrected chi connectivity index (χ0v) is 18.6. The van der Waals surface area contributed by atoms with E-state index in [2.05, 4.69) is 37.0 Å². The third kappa shape index (κ3) is 4.42. The zero-order valence-electron chi connectivity index (χ0n) is 18.6. The van der Waals surface area contributed by atoms with Gasteiger partial charge >= 0.3 is 0 Å². The van der Waals surface area contributed by atoms with Crippen molar-refractivity contribution in [2.24, 2.45) is 16.7 Å². The molecule has 0 bridgehead atoms. The average molecular weight is 395 g/mol. The summed E-state index contributed by atoms with van der Waals surface area (Å²) in [5.74, 6) is 6.98. The molecule has 4 aliphatic carbocycles. The van der Waals surface area contributed by atoms with Crippen LogP contribution in [-0.2, 0) is 0 Å². The van der Waals surface area contributed by atoms with Gasteiger partial charge in [0, 0.05) is 11.8 Å². The molecule has 0 heterocycles. The molecule has 0 aromatic carbocycles. The monoisotopic (exact) mass is 394 g/mol. The van der Waals surface area contributed by atoms with E-state index in [1.165, 1.54) is 44.1 Å². The first-order chi connectivity index (χ1) is 13.7. The number of fused-ring (bicyclic) bond motifs is 1. The summed E-state index contributed by atoms with van der Waals surface area (Å²) >= 11 is 0. The maximum Gasteiger partial charge on any atom is 0.119 e. The van der Waals surface area contributed by atoms with E-state index >= 15 is 0 Å². The van der Waals surface area contributed by atoms with Crippen LogP contribution in [0.2, 0.25) is 0 Å². The summed E-state index contributed by atoms with van der Waals surface area (Å²) in [5, 5.41) is 19.9. The van der Waals surface area contributed by atoms with Crippen LogP contribution in [0.3, 0.4) is 0 Å². The molecular formula is C27H38O2. The largest absolute Gasteiger partial charge is 0.393 e. The van der Waals surface area contributed by atoms with E-state index in [1.807, 2.05) is 0 Å². The lowest BCUT2D eigenvalue weighted by molar-refractivity contribution is 0.143. The van der Waals surface area contributed by atoms with Gasteiger partial charge in [-0.25, -0.2) is 0 Å². The molecule has 2 N–H and O–H groups in total. The lowest BCUT2D eigenvalue weighted by Gasteiger charge is -2.43. The maximum absolute atomic E-state index is 9.96. The first-order valence-corrected chi connectivity index (χ1v) is 11.7. The van der Waals surface area contributed by atoms with Crippen molar-refractivity contribution in [1.29, 1.82) is 0 Å². The van der Waals surface area contributed by atoms with Crippen molar-refractivity contribution in [1.82, 2.24) is 0 Å². The van der Waals surface area contributed by atoms with E-state index in [1.54, 1.807) is 25.0 Å². The number of aliphatic hydroxyl groups excluding tert-OH is 1. The first kappa shape index (κ1) is 21.0. The fourth-order valence-corrected chi connectivity index (χ4v) is 6.21. The van der Waals surface area contributed by atoms with Crippen molar-refractivity contribution in [3.63, 3.8) is 0 Å². The van der Waals surface area contributed by atoms with Crippen LogP contribution in [0.4, 0.5) is 0 Å². The number of rotatable bonds is 3. The summed E-state index contributed by atoms with van der Waals surface area (Å²) in [6.07, 6.45) is 19.6. The minimum atomic E-state index is -0.895. The van der Waals surface area contributed by atoms with E-state index in [9.17, 15) is 10.2 Å². The van der Waals surface area contributed by atoms with Gasteiger partial charge in [-0.05, 0) is 89.4 Å². The summed E-state index contributed by atoms with van der Waals surface area (Å²) in [7, 11) is 0. The van der Waals surface area contributed by atoms with Gasteiger partial charge in [0.2, 0.25) is 0 Å². The van der Waals surface area contributed by atoms with Crippen molar-refractivity contribution < 1.29 is 10.2 Å². The SMILES string of the molecule is CC(C)(O)C#CCC1(C2=CCC3/C(=C/C=C4/CCCC(O)C4)CCCC23C)CC1. The Hall–Kier alpha value is -1.30. The van der Waals surface area contributed by atoms with Crippen LogP contribution in [-0.4, -0.2) is 21.9 Å². The van der Waals surface area contributed by atoms with Crippen molar-refractivity contribution in [3.8, 4) is 11.8 Å². The molecule has 3 atom stereocenters. The fraction of sp³-hybridized carbons (Fsp3) is 0.704. The molecule has 4 aliphatic rings. The van der Waals surface area contributed by atoms with Crippen LogP contribution >= 0.6 is 0 Å². The molecule has 158 valence electrons. The highest BCUT2D eigenvalue weighted by molar-refractivity contribution is 5.40. The predicted molar refractivity (Wildman–Crippen MR) is 119 cm³/mol. The average Bonchev–Trinajstić information content (AvgIpc) is 3.32. The molecule has 29 heavy (non-hydrogen) atoms. The molecule has 3 saturated carbocycles. The Morgan fingerprint density at radius 3 is 2.66 bits per heavy atom. The minimum absolute atomic E-state index is 0.135. The highest BCUT2D eigenvalue weighted by Crippen LogP contribution is 2.67. The van der Waals surface area contributed by atoms with E-state index in [4.69, 9.17) is 0 Å². The van der Waals surface area contributed by atoms with Crippen LogP contribution < -0.4 is 0 Å². The Morgan fingerprint density at radius 1 is 1.17 bits per heavy atom. The number of hydrogen-bond acceptors (Lipinski definition) is 2. The standard InChI is InChI=1S/C27H38O2/c1-25(2,29)14-6-16-27(17-18-27)24-13-12-23-21(8-5-15-26(23,24)3)11-10-20-7-4-9-22(28)19-20/h10-11,13,22-23,28-29H,4-5,7-9,12,15-19H2,1-3H3/b20-10-,21-11+. The summed E-state index contributed by atoms with van der Waals surface area (Å²) in [4.78, 5) is 0. The van der Waals surface area contributed by atoms with Gasteiger partial charge in [0.05, 0.1) is 6.10 Å². The third-order valence-corrected chi connectivity index (χ3v) is 7.86. The molecule has 0 aromatic rings. The molecule has 0 aromatic heterocycles. The van der Waals surface area contributed by atoms with E-state index < -0.39 is 5.60 Å². The maximum atomic E-state index is 9.96. The molecule has 3 unspecified atom stereocenters. The molecule has 0 radical (unpaired) electrons. The second-order valence-electron chi connectivity index (χ2n) is 10.8. The smallest absolute Gasteiger partial charge is 0.119 e. The first-order valence-electron chi connectivity index (χ1n) is 11.7. The van der Waals surface area contributed by atoms with Gasteiger partial charge in [-0.3, -0.25) is 0 Å². The topological polar surface area (TPSA) is 40.5 Å². The molecule has 0 spiro atoms. The second-order valence-corrected chi connectivity index (χ2v) is 10.8. The second kappa shape index (κ2) is 7.75. The number of hydrogen-bond donors (Lipinski definition) is 2. The van der Waals surface area contributed by atoms with Gasteiger partial charge in [0.1, 0.15) is 5.60 Å². The quantitative estimate of drug-likeness (QED) is 0.465. The zero-order chi connectivity index (χ0) is 20.7. The molecule has 3 fully saturated rings. The highest BCUT2D eigenvalue weighted by Gasteiger charge is 2.56. The lowest BCUT2D eigenvalue weighted by atomic mass is 9.61. The number of aliphatic hydroxyl groups is 2. The normalized spacial score (nSPS) is 36.4. The minimum Gasteiger partial charge on any atom is -0.393 e. The Kier molecular flexibility index (Phi) is 5.60. The molecule has 0 saturated heterocycles. The molecule has 2 nitrogen and oxygen atoms in total. The van der Waals surface area contributed by atoms with Crippen molar-refractivity contribution in [2.45, 2.75) is 103 Å². The van der Waals surface area contributed by atoms with Crippen LogP contribution in [0.1, 0.15) is 91.4 Å². The molecule has 4 rings (SSSR count).